The molecule has 2 rings (SSSR count). The Morgan fingerprint density at radius 2 is 2.44 bits per heavy atom. The fourth-order valence-corrected chi connectivity index (χ4v) is 1.95. The van der Waals surface area contributed by atoms with E-state index < -0.39 is 0 Å². The molecule has 2 heterocycles. The van der Waals surface area contributed by atoms with Crippen molar-refractivity contribution in [2.45, 2.75) is 13.0 Å². The van der Waals surface area contributed by atoms with Gasteiger partial charge in [-0.2, -0.15) is 0 Å². The number of carbonyl (C=O) groups excluding carboxylic acids is 1. The van der Waals surface area contributed by atoms with Crippen LogP contribution in [0.2, 0.25) is 0 Å². The zero-order valence-electron chi connectivity index (χ0n) is 10.7. The van der Waals surface area contributed by atoms with E-state index in [4.69, 9.17) is 4.74 Å². The highest BCUT2D eigenvalue weighted by Gasteiger charge is 2.26. The van der Waals surface area contributed by atoms with Gasteiger partial charge in [0, 0.05) is 18.3 Å². The SMILES string of the molecule is CNCC(=O)[C@H]1CN(c2cc(C)ncn2)CCO1. The van der Waals surface area contributed by atoms with Gasteiger partial charge in [0.15, 0.2) is 5.78 Å². The van der Waals surface area contributed by atoms with Crippen molar-refractivity contribution in [1.29, 1.82) is 0 Å². The van der Waals surface area contributed by atoms with Crippen molar-refractivity contribution < 1.29 is 9.53 Å². The average Bonchev–Trinajstić information content (AvgIpc) is 2.39. The van der Waals surface area contributed by atoms with E-state index in [1.807, 2.05) is 13.0 Å². The maximum Gasteiger partial charge on any atom is 0.177 e. The highest BCUT2D eigenvalue weighted by Crippen LogP contribution is 2.15. The van der Waals surface area contributed by atoms with Crippen LogP contribution in [0.1, 0.15) is 5.69 Å². The number of aryl methyl sites for hydroxylation is 1. The zero-order valence-corrected chi connectivity index (χ0v) is 10.7. The van der Waals surface area contributed by atoms with Crippen LogP contribution in [0, 0.1) is 6.92 Å². The Labute approximate surface area is 106 Å². The Balaban J connectivity index is 2.04. The van der Waals surface area contributed by atoms with E-state index in [9.17, 15) is 4.79 Å². The van der Waals surface area contributed by atoms with Crippen molar-refractivity contribution in [3.8, 4) is 0 Å². The molecule has 1 saturated heterocycles. The maximum atomic E-state index is 11.8. The second-order valence-corrected chi connectivity index (χ2v) is 4.32. The second kappa shape index (κ2) is 5.88. The number of Topliss-reactive ketones (excluding diaryl/α,β-unsaturated/α-hetero) is 1. The summed E-state index contributed by atoms with van der Waals surface area (Å²) in [6, 6.07) is 1.92. The summed E-state index contributed by atoms with van der Waals surface area (Å²) in [6.07, 6.45) is 1.17. The fraction of sp³-hybridized carbons (Fsp3) is 0.583. The van der Waals surface area contributed by atoms with Crippen LogP contribution in [0.3, 0.4) is 0 Å². The summed E-state index contributed by atoms with van der Waals surface area (Å²) in [6.45, 7) is 4.11. The van der Waals surface area contributed by atoms with Crippen molar-refractivity contribution >= 4 is 11.6 Å². The molecular weight excluding hydrogens is 232 g/mol. The summed E-state index contributed by atoms with van der Waals surface area (Å²) >= 11 is 0. The van der Waals surface area contributed by atoms with Gasteiger partial charge < -0.3 is 15.0 Å². The lowest BCUT2D eigenvalue weighted by molar-refractivity contribution is -0.130. The molecule has 1 N–H and O–H groups in total. The molecule has 0 spiro atoms. The largest absolute Gasteiger partial charge is 0.367 e. The summed E-state index contributed by atoms with van der Waals surface area (Å²) in [4.78, 5) is 22.2. The lowest BCUT2D eigenvalue weighted by Crippen LogP contribution is -2.48. The average molecular weight is 250 g/mol. The van der Waals surface area contributed by atoms with Crippen LogP contribution in [0.15, 0.2) is 12.4 Å². The van der Waals surface area contributed by atoms with Crippen molar-refractivity contribution in [3.05, 3.63) is 18.1 Å². The van der Waals surface area contributed by atoms with Gasteiger partial charge in [0.2, 0.25) is 0 Å². The van der Waals surface area contributed by atoms with Gasteiger partial charge in [-0.25, -0.2) is 9.97 Å². The molecule has 6 heteroatoms. The number of hydrogen-bond acceptors (Lipinski definition) is 6. The Hall–Kier alpha value is -1.53. The molecule has 18 heavy (non-hydrogen) atoms. The molecular formula is C12H18N4O2. The third-order valence-corrected chi connectivity index (χ3v) is 2.89. The van der Waals surface area contributed by atoms with Crippen molar-refractivity contribution in [1.82, 2.24) is 15.3 Å². The van der Waals surface area contributed by atoms with Crippen molar-refractivity contribution in [3.63, 3.8) is 0 Å². The first-order valence-electron chi connectivity index (χ1n) is 6.03. The fourth-order valence-electron chi connectivity index (χ4n) is 1.95. The molecule has 1 aromatic rings. The third kappa shape index (κ3) is 3.02. The summed E-state index contributed by atoms with van der Waals surface area (Å²) in [5.74, 6) is 0.932. The molecule has 1 fully saturated rings. The number of carbonyl (C=O) groups is 1. The van der Waals surface area contributed by atoms with Gasteiger partial charge in [0.05, 0.1) is 19.7 Å². The molecule has 0 aromatic carbocycles. The first-order chi connectivity index (χ1) is 8.70. The second-order valence-electron chi connectivity index (χ2n) is 4.32. The monoisotopic (exact) mass is 250 g/mol. The van der Waals surface area contributed by atoms with Crippen LogP contribution >= 0.6 is 0 Å². The predicted octanol–water partition coefficient (Wildman–Crippen LogP) is -0.221. The number of nitrogens with zero attached hydrogens (tertiary/aromatic N) is 3. The predicted molar refractivity (Wildman–Crippen MR) is 67.7 cm³/mol. The van der Waals surface area contributed by atoms with Gasteiger partial charge in [0.1, 0.15) is 18.2 Å². The number of nitrogens with one attached hydrogen (secondary N) is 1. The molecule has 0 aliphatic carbocycles. The van der Waals surface area contributed by atoms with E-state index in [2.05, 4.69) is 20.2 Å². The van der Waals surface area contributed by atoms with Crippen molar-refractivity contribution in [2.75, 3.05) is 38.2 Å². The van der Waals surface area contributed by atoms with E-state index in [1.54, 1.807) is 13.4 Å². The van der Waals surface area contributed by atoms with E-state index in [-0.39, 0.29) is 11.9 Å². The molecule has 98 valence electrons. The van der Waals surface area contributed by atoms with Gasteiger partial charge in [-0.05, 0) is 14.0 Å². The van der Waals surface area contributed by atoms with Crippen LogP contribution in [0.25, 0.3) is 0 Å². The van der Waals surface area contributed by atoms with E-state index in [0.29, 0.717) is 19.7 Å². The quantitative estimate of drug-likeness (QED) is 0.797. The lowest BCUT2D eigenvalue weighted by atomic mass is 10.2. The molecule has 6 nitrogen and oxygen atoms in total. The van der Waals surface area contributed by atoms with Crippen LogP contribution in [0.5, 0.6) is 0 Å². The van der Waals surface area contributed by atoms with E-state index in [0.717, 1.165) is 18.1 Å². The normalized spacial score (nSPS) is 19.9. The summed E-state index contributed by atoms with van der Waals surface area (Å²) in [7, 11) is 1.76. The number of likely N-dealkylation sites (N-methyl/N-ethyl adjacent to an activating group) is 1. The van der Waals surface area contributed by atoms with Gasteiger partial charge in [-0.1, -0.05) is 0 Å². The summed E-state index contributed by atoms with van der Waals surface area (Å²) in [5, 5.41) is 2.85. The smallest absolute Gasteiger partial charge is 0.177 e. The first-order valence-corrected chi connectivity index (χ1v) is 6.03. The Morgan fingerprint density at radius 1 is 1.61 bits per heavy atom. The number of morpholine rings is 1. The number of hydrogen-bond donors (Lipinski definition) is 1. The number of rotatable bonds is 4. The lowest BCUT2D eigenvalue weighted by Gasteiger charge is -2.33. The van der Waals surface area contributed by atoms with Crippen LogP contribution < -0.4 is 10.2 Å². The molecule has 0 amide bonds. The topological polar surface area (TPSA) is 67.4 Å². The maximum absolute atomic E-state index is 11.8. The highest BCUT2D eigenvalue weighted by atomic mass is 16.5. The molecule has 0 saturated carbocycles. The number of ether oxygens (including phenoxy) is 1. The highest BCUT2D eigenvalue weighted by molar-refractivity contribution is 5.85. The number of aromatic nitrogens is 2. The van der Waals surface area contributed by atoms with Crippen LogP contribution in [0.4, 0.5) is 5.82 Å². The number of ketones is 1. The van der Waals surface area contributed by atoms with Crippen molar-refractivity contribution in [2.24, 2.45) is 0 Å². The molecule has 1 aliphatic rings. The number of anilines is 1. The standard InChI is InChI=1S/C12H18N4O2/c1-9-5-12(15-8-14-9)16-3-4-18-11(7-16)10(17)6-13-2/h5,8,11,13H,3-4,6-7H2,1-2H3/t11-/m1/s1. The van der Waals surface area contributed by atoms with Gasteiger partial charge in [0.25, 0.3) is 0 Å². The zero-order chi connectivity index (χ0) is 13.0. The minimum Gasteiger partial charge on any atom is -0.367 e. The molecule has 1 aliphatic heterocycles. The molecule has 1 atom stereocenters. The van der Waals surface area contributed by atoms with Gasteiger partial charge in [-0.3, -0.25) is 4.79 Å². The Morgan fingerprint density at radius 3 is 3.17 bits per heavy atom. The third-order valence-electron chi connectivity index (χ3n) is 2.89. The molecule has 0 unspecified atom stereocenters. The first kappa shape index (κ1) is 12.9. The van der Waals surface area contributed by atoms with Gasteiger partial charge in [-0.15, -0.1) is 0 Å². The van der Waals surface area contributed by atoms with Crippen LogP contribution in [-0.2, 0) is 9.53 Å². The minimum absolute atomic E-state index is 0.0768. The van der Waals surface area contributed by atoms with E-state index in [1.165, 1.54) is 0 Å². The van der Waals surface area contributed by atoms with E-state index >= 15 is 0 Å². The molecule has 1 aromatic heterocycles. The molecule has 0 radical (unpaired) electrons. The summed E-state index contributed by atoms with van der Waals surface area (Å²) in [5.41, 5.74) is 0.921. The molecule has 0 bridgehead atoms. The van der Waals surface area contributed by atoms with Gasteiger partial charge >= 0.3 is 0 Å². The summed E-state index contributed by atoms with van der Waals surface area (Å²) < 4.78 is 5.50. The van der Waals surface area contributed by atoms with Crippen LogP contribution in [-0.4, -0.2) is 55.1 Å². The Kier molecular flexibility index (Phi) is 4.22. The minimum atomic E-state index is -0.374. The Bertz CT molecular complexity index is 424.